The number of phenolic OH excluding ortho intramolecular Hbond substituents is 1. The van der Waals surface area contributed by atoms with Crippen LogP contribution >= 0.6 is 22.9 Å². The van der Waals surface area contributed by atoms with Gasteiger partial charge in [0.05, 0.1) is 10.7 Å². The van der Waals surface area contributed by atoms with Crippen LogP contribution in [-0.4, -0.2) is 10.1 Å². The maximum absolute atomic E-state index is 9.65. The van der Waals surface area contributed by atoms with Gasteiger partial charge in [0.2, 0.25) is 0 Å². The van der Waals surface area contributed by atoms with Crippen LogP contribution in [0, 0.1) is 6.92 Å². The first-order valence-electron chi connectivity index (χ1n) is 5.25. The van der Waals surface area contributed by atoms with Gasteiger partial charge in [-0.15, -0.1) is 11.3 Å². The first-order chi connectivity index (χ1) is 8.16. The molecule has 90 valence electrons. The molecule has 0 fully saturated rings. The number of halogens is 1. The molecule has 0 saturated carbocycles. The quantitative estimate of drug-likeness (QED) is 0.896. The van der Waals surface area contributed by atoms with E-state index in [1.165, 1.54) is 0 Å². The minimum atomic E-state index is 0.222. The third-order valence-corrected chi connectivity index (χ3v) is 3.55. The van der Waals surface area contributed by atoms with E-state index in [0.29, 0.717) is 18.1 Å². The summed E-state index contributed by atoms with van der Waals surface area (Å²) < 4.78 is 0. The monoisotopic (exact) mass is 268 g/mol. The zero-order valence-electron chi connectivity index (χ0n) is 9.40. The average Bonchev–Trinajstić information content (AvgIpc) is 2.69. The lowest BCUT2D eigenvalue weighted by Crippen LogP contribution is -2.13. The van der Waals surface area contributed by atoms with Crippen LogP contribution in [0.2, 0.25) is 5.02 Å². The number of rotatable bonds is 4. The van der Waals surface area contributed by atoms with Crippen LogP contribution in [0.5, 0.6) is 5.75 Å². The van der Waals surface area contributed by atoms with Gasteiger partial charge in [-0.2, -0.15) is 0 Å². The highest BCUT2D eigenvalue weighted by atomic mass is 35.5. The molecule has 0 atom stereocenters. The Bertz CT molecular complexity index is 493. The van der Waals surface area contributed by atoms with Gasteiger partial charge in [0.15, 0.2) is 0 Å². The summed E-state index contributed by atoms with van der Waals surface area (Å²) >= 11 is 7.63. The largest absolute Gasteiger partial charge is 0.508 e. The number of nitrogens with one attached hydrogen (secondary N) is 1. The predicted molar refractivity (Wildman–Crippen MR) is 70.5 cm³/mol. The van der Waals surface area contributed by atoms with Crippen LogP contribution in [0.15, 0.2) is 23.6 Å². The number of hydrogen-bond donors (Lipinski definition) is 2. The molecule has 0 aliphatic heterocycles. The molecule has 1 aromatic heterocycles. The lowest BCUT2D eigenvalue weighted by Gasteiger charge is -2.07. The SMILES string of the molecule is Cc1nc(CNCc2c(O)cccc2Cl)cs1. The molecule has 17 heavy (non-hydrogen) atoms. The highest BCUT2D eigenvalue weighted by molar-refractivity contribution is 7.09. The number of nitrogens with zero attached hydrogens (tertiary/aromatic N) is 1. The topological polar surface area (TPSA) is 45.2 Å². The number of aryl methyl sites for hydroxylation is 1. The maximum Gasteiger partial charge on any atom is 0.121 e. The second kappa shape index (κ2) is 5.49. The summed E-state index contributed by atoms with van der Waals surface area (Å²) in [5, 5.41) is 16.5. The van der Waals surface area contributed by atoms with Crippen molar-refractivity contribution in [2.45, 2.75) is 20.0 Å². The van der Waals surface area contributed by atoms with Crippen molar-refractivity contribution in [2.75, 3.05) is 0 Å². The fourth-order valence-corrected chi connectivity index (χ4v) is 2.38. The lowest BCUT2D eigenvalue weighted by molar-refractivity contribution is 0.464. The molecule has 0 unspecified atom stereocenters. The van der Waals surface area contributed by atoms with Crippen LogP contribution in [-0.2, 0) is 13.1 Å². The molecule has 0 saturated heterocycles. The van der Waals surface area contributed by atoms with Gasteiger partial charge in [0.1, 0.15) is 5.75 Å². The van der Waals surface area contributed by atoms with Crippen LogP contribution in [0.25, 0.3) is 0 Å². The molecular formula is C12H13ClN2OS. The van der Waals surface area contributed by atoms with Crippen molar-refractivity contribution in [3.8, 4) is 5.75 Å². The van der Waals surface area contributed by atoms with Crippen LogP contribution in [0.1, 0.15) is 16.3 Å². The summed E-state index contributed by atoms with van der Waals surface area (Å²) in [6, 6.07) is 5.13. The first-order valence-corrected chi connectivity index (χ1v) is 6.50. The Kier molecular flexibility index (Phi) is 3.99. The van der Waals surface area contributed by atoms with Crippen molar-refractivity contribution in [1.82, 2.24) is 10.3 Å². The molecule has 0 aliphatic rings. The van der Waals surface area contributed by atoms with Gasteiger partial charge in [-0.25, -0.2) is 4.98 Å². The lowest BCUT2D eigenvalue weighted by atomic mass is 10.2. The number of hydrogen-bond acceptors (Lipinski definition) is 4. The smallest absolute Gasteiger partial charge is 0.121 e. The Hall–Kier alpha value is -1.10. The van der Waals surface area contributed by atoms with Crippen LogP contribution in [0.3, 0.4) is 0 Å². The van der Waals surface area contributed by atoms with Crippen LogP contribution < -0.4 is 5.32 Å². The zero-order valence-corrected chi connectivity index (χ0v) is 11.0. The van der Waals surface area contributed by atoms with E-state index in [4.69, 9.17) is 11.6 Å². The molecule has 5 heteroatoms. The number of phenols is 1. The fourth-order valence-electron chi connectivity index (χ4n) is 1.53. The summed E-state index contributed by atoms with van der Waals surface area (Å²) in [7, 11) is 0. The van der Waals surface area contributed by atoms with Crippen molar-refractivity contribution in [3.05, 3.63) is 44.9 Å². The average molecular weight is 269 g/mol. The summed E-state index contributed by atoms with van der Waals surface area (Å²) in [4.78, 5) is 4.35. The van der Waals surface area contributed by atoms with Gasteiger partial charge in [-0.1, -0.05) is 17.7 Å². The normalized spacial score (nSPS) is 10.7. The Morgan fingerprint density at radius 2 is 2.24 bits per heavy atom. The van der Waals surface area contributed by atoms with Gasteiger partial charge in [0, 0.05) is 29.1 Å². The van der Waals surface area contributed by atoms with E-state index in [-0.39, 0.29) is 5.75 Å². The molecule has 1 heterocycles. The Labute approximate surface area is 109 Å². The number of aromatic nitrogens is 1. The molecule has 2 rings (SSSR count). The van der Waals surface area contributed by atoms with E-state index in [2.05, 4.69) is 10.3 Å². The van der Waals surface area contributed by atoms with Gasteiger partial charge in [0.25, 0.3) is 0 Å². The third-order valence-electron chi connectivity index (χ3n) is 2.37. The third kappa shape index (κ3) is 3.19. The fraction of sp³-hybridized carbons (Fsp3) is 0.250. The first kappa shape index (κ1) is 12.4. The summed E-state index contributed by atoms with van der Waals surface area (Å²) in [6.45, 7) is 3.19. The minimum Gasteiger partial charge on any atom is -0.508 e. The van der Waals surface area contributed by atoms with Gasteiger partial charge >= 0.3 is 0 Å². The minimum absolute atomic E-state index is 0.222. The molecule has 0 aliphatic carbocycles. The highest BCUT2D eigenvalue weighted by Gasteiger charge is 2.05. The molecule has 1 aromatic carbocycles. The van der Waals surface area contributed by atoms with E-state index in [9.17, 15) is 5.11 Å². The second-order valence-corrected chi connectivity index (χ2v) is 5.17. The molecular weight excluding hydrogens is 256 g/mol. The van der Waals surface area contributed by atoms with E-state index in [1.807, 2.05) is 12.3 Å². The van der Waals surface area contributed by atoms with E-state index in [1.54, 1.807) is 29.5 Å². The molecule has 0 spiro atoms. The van der Waals surface area contributed by atoms with Crippen molar-refractivity contribution in [3.63, 3.8) is 0 Å². The van der Waals surface area contributed by atoms with Crippen molar-refractivity contribution < 1.29 is 5.11 Å². The Balaban J connectivity index is 1.94. The Morgan fingerprint density at radius 1 is 1.41 bits per heavy atom. The standard InChI is InChI=1S/C12H13ClN2OS/c1-8-15-9(7-17-8)5-14-6-10-11(13)3-2-4-12(10)16/h2-4,7,14,16H,5-6H2,1H3. The molecule has 3 nitrogen and oxygen atoms in total. The summed E-state index contributed by atoms with van der Waals surface area (Å²) in [6.07, 6.45) is 0. The Morgan fingerprint density at radius 3 is 2.88 bits per heavy atom. The second-order valence-electron chi connectivity index (χ2n) is 3.70. The van der Waals surface area contributed by atoms with Gasteiger partial charge in [-0.3, -0.25) is 0 Å². The van der Waals surface area contributed by atoms with Crippen LogP contribution in [0.4, 0.5) is 0 Å². The molecule has 0 bridgehead atoms. The number of aromatic hydroxyl groups is 1. The molecule has 2 N–H and O–H groups in total. The molecule has 2 aromatic rings. The number of benzene rings is 1. The molecule has 0 amide bonds. The van der Waals surface area contributed by atoms with Gasteiger partial charge < -0.3 is 10.4 Å². The van der Waals surface area contributed by atoms with Crippen molar-refractivity contribution in [2.24, 2.45) is 0 Å². The summed E-state index contributed by atoms with van der Waals surface area (Å²) in [5.41, 5.74) is 1.74. The van der Waals surface area contributed by atoms with E-state index >= 15 is 0 Å². The zero-order chi connectivity index (χ0) is 12.3. The van der Waals surface area contributed by atoms with Crippen molar-refractivity contribution >= 4 is 22.9 Å². The molecule has 0 radical (unpaired) electrons. The van der Waals surface area contributed by atoms with Crippen molar-refractivity contribution in [1.29, 1.82) is 0 Å². The summed E-state index contributed by atoms with van der Waals surface area (Å²) in [5.74, 6) is 0.222. The number of thiazole rings is 1. The van der Waals surface area contributed by atoms with E-state index in [0.717, 1.165) is 16.3 Å². The van der Waals surface area contributed by atoms with E-state index < -0.39 is 0 Å². The predicted octanol–water partition coefficient (Wildman–Crippen LogP) is 3.10. The van der Waals surface area contributed by atoms with Gasteiger partial charge in [-0.05, 0) is 19.1 Å². The highest BCUT2D eigenvalue weighted by Crippen LogP contribution is 2.24. The maximum atomic E-state index is 9.65.